The maximum Gasteiger partial charge on any atom is 0.0686 e. The molecule has 0 amide bonds. The van der Waals surface area contributed by atoms with E-state index < -0.39 is 0 Å². The van der Waals surface area contributed by atoms with Gasteiger partial charge in [0.1, 0.15) is 0 Å². The van der Waals surface area contributed by atoms with Crippen molar-refractivity contribution in [1.82, 2.24) is 5.32 Å². The van der Waals surface area contributed by atoms with Crippen LogP contribution >= 0.6 is 34.5 Å². The fraction of sp³-hybridized carbons (Fsp3) is 0.333. The van der Waals surface area contributed by atoms with E-state index in [0.717, 1.165) is 27.9 Å². The highest BCUT2D eigenvalue weighted by atomic mass is 35.5. The van der Waals surface area contributed by atoms with Crippen LogP contribution in [0.15, 0.2) is 29.6 Å². The van der Waals surface area contributed by atoms with Crippen LogP contribution in [0.1, 0.15) is 35.4 Å². The monoisotopic (exact) mass is 313 g/mol. The van der Waals surface area contributed by atoms with Gasteiger partial charge in [-0.25, -0.2) is 0 Å². The third kappa shape index (κ3) is 3.73. The van der Waals surface area contributed by atoms with Crippen LogP contribution in [0, 0.1) is 6.92 Å². The Morgan fingerprint density at radius 3 is 2.63 bits per heavy atom. The Labute approximate surface area is 128 Å². The van der Waals surface area contributed by atoms with E-state index in [1.54, 1.807) is 11.3 Å². The Morgan fingerprint density at radius 1 is 1.26 bits per heavy atom. The minimum atomic E-state index is 0.116. The molecule has 0 bridgehead atoms. The molecule has 1 aromatic heterocycles. The van der Waals surface area contributed by atoms with Crippen LogP contribution in [-0.2, 0) is 0 Å². The zero-order valence-corrected chi connectivity index (χ0v) is 13.4. The summed E-state index contributed by atoms with van der Waals surface area (Å²) in [5, 5.41) is 7.16. The molecule has 0 fully saturated rings. The van der Waals surface area contributed by atoms with Crippen molar-refractivity contribution in [1.29, 1.82) is 0 Å². The van der Waals surface area contributed by atoms with Crippen molar-refractivity contribution in [3.8, 4) is 0 Å². The average molecular weight is 314 g/mol. The first-order chi connectivity index (χ1) is 9.11. The molecule has 1 aromatic carbocycles. The Kier molecular flexibility index (Phi) is 5.28. The van der Waals surface area contributed by atoms with Crippen molar-refractivity contribution in [2.24, 2.45) is 0 Å². The number of nitrogens with one attached hydrogen (secondary N) is 1. The Morgan fingerprint density at radius 2 is 2.05 bits per heavy atom. The lowest BCUT2D eigenvalue weighted by molar-refractivity contribution is 0.606. The van der Waals surface area contributed by atoms with Crippen molar-refractivity contribution in [3.63, 3.8) is 0 Å². The maximum atomic E-state index is 6.28. The molecule has 1 unspecified atom stereocenters. The molecule has 1 nitrogen and oxygen atoms in total. The second-order valence-electron chi connectivity index (χ2n) is 4.58. The molecular weight excluding hydrogens is 297 g/mol. The van der Waals surface area contributed by atoms with E-state index in [2.05, 4.69) is 25.2 Å². The summed E-state index contributed by atoms with van der Waals surface area (Å²) >= 11 is 14.1. The van der Waals surface area contributed by atoms with Crippen LogP contribution in [0.25, 0.3) is 0 Å². The van der Waals surface area contributed by atoms with Gasteiger partial charge in [-0.1, -0.05) is 36.2 Å². The van der Waals surface area contributed by atoms with Crippen molar-refractivity contribution >= 4 is 34.5 Å². The number of aryl methyl sites for hydroxylation is 1. The van der Waals surface area contributed by atoms with Gasteiger partial charge in [0.15, 0.2) is 0 Å². The van der Waals surface area contributed by atoms with Gasteiger partial charge in [-0.05, 0) is 54.6 Å². The van der Waals surface area contributed by atoms with E-state index in [1.165, 1.54) is 11.1 Å². The van der Waals surface area contributed by atoms with Gasteiger partial charge in [0.2, 0.25) is 0 Å². The Hall–Kier alpha value is -0.540. The zero-order valence-electron chi connectivity index (χ0n) is 11.0. The van der Waals surface area contributed by atoms with E-state index in [9.17, 15) is 0 Å². The Bertz CT molecular complexity index is 531. The molecule has 19 heavy (non-hydrogen) atoms. The van der Waals surface area contributed by atoms with Crippen LogP contribution in [0.2, 0.25) is 10.0 Å². The minimum absolute atomic E-state index is 0.116. The summed E-state index contributed by atoms with van der Waals surface area (Å²) in [6, 6.07) is 8.20. The van der Waals surface area contributed by atoms with E-state index in [1.807, 2.05) is 23.6 Å². The van der Waals surface area contributed by atoms with Gasteiger partial charge in [0.05, 0.1) is 11.1 Å². The van der Waals surface area contributed by atoms with Gasteiger partial charge in [-0.2, -0.15) is 0 Å². The highest BCUT2D eigenvalue weighted by Crippen LogP contribution is 2.34. The molecule has 1 heterocycles. The smallest absolute Gasteiger partial charge is 0.0686 e. The molecule has 102 valence electrons. The molecular formula is C15H17Cl2NS. The van der Waals surface area contributed by atoms with Gasteiger partial charge < -0.3 is 5.32 Å². The number of hydrogen-bond acceptors (Lipinski definition) is 2. The lowest BCUT2D eigenvalue weighted by atomic mass is 10.0. The first-order valence-corrected chi connectivity index (χ1v) is 7.98. The molecule has 4 heteroatoms. The fourth-order valence-electron chi connectivity index (χ4n) is 2.09. The molecule has 1 N–H and O–H groups in total. The van der Waals surface area contributed by atoms with Gasteiger partial charge in [0, 0.05) is 9.90 Å². The fourth-order valence-corrected chi connectivity index (χ4v) is 3.66. The van der Waals surface area contributed by atoms with Crippen LogP contribution in [0.3, 0.4) is 0 Å². The highest BCUT2D eigenvalue weighted by molar-refractivity contribution is 7.10. The number of hydrogen-bond donors (Lipinski definition) is 1. The summed E-state index contributed by atoms with van der Waals surface area (Å²) in [7, 11) is 0. The largest absolute Gasteiger partial charge is 0.306 e. The third-order valence-electron chi connectivity index (χ3n) is 2.90. The maximum absolute atomic E-state index is 6.28. The summed E-state index contributed by atoms with van der Waals surface area (Å²) in [5.41, 5.74) is 2.33. The van der Waals surface area contributed by atoms with Crippen LogP contribution < -0.4 is 5.32 Å². The lowest BCUT2D eigenvalue weighted by Crippen LogP contribution is -2.22. The van der Waals surface area contributed by atoms with Gasteiger partial charge in [-0.3, -0.25) is 0 Å². The van der Waals surface area contributed by atoms with Crippen LogP contribution in [0.5, 0.6) is 0 Å². The molecule has 2 rings (SSSR count). The topological polar surface area (TPSA) is 12.0 Å². The van der Waals surface area contributed by atoms with E-state index in [4.69, 9.17) is 23.2 Å². The standard InChI is InChI=1S/C15H17Cl2NS/c1-3-5-18-14(15-13(17)4-6-19-15)11-7-10(2)8-12(16)9-11/h4,6-9,14,18H,3,5H2,1-2H3. The summed E-state index contributed by atoms with van der Waals surface area (Å²) in [4.78, 5) is 1.15. The molecule has 1 atom stereocenters. The van der Waals surface area contributed by atoms with Gasteiger partial charge >= 0.3 is 0 Å². The molecule has 0 aliphatic carbocycles. The van der Waals surface area contributed by atoms with Gasteiger partial charge in [0.25, 0.3) is 0 Å². The molecule has 0 spiro atoms. The predicted molar refractivity (Wildman–Crippen MR) is 85.7 cm³/mol. The zero-order chi connectivity index (χ0) is 13.8. The van der Waals surface area contributed by atoms with E-state index >= 15 is 0 Å². The van der Waals surface area contributed by atoms with Crippen molar-refractivity contribution in [2.45, 2.75) is 26.3 Å². The van der Waals surface area contributed by atoms with Gasteiger partial charge in [-0.15, -0.1) is 11.3 Å². The van der Waals surface area contributed by atoms with Crippen molar-refractivity contribution in [3.05, 3.63) is 55.7 Å². The van der Waals surface area contributed by atoms with Crippen LogP contribution in [0.4, 0.5) is 0 Å². The van der Waals surface area contributed by atoms with Crippen molar-refractivity contribution < 1.29 is 0 Å². The summed E-state index contributed by atoms with van der Waals surface area (Å²) in [5.74, 6) is 0. The number of thiophene rings is 1. The number of benzene rings is 1. The van der Waals surface area contributed by atoms with E-state index in [-0.39, 0.29) is 6.04 Å². The number of halogens is 2. The molecule has 0 aliphatic rings. The first kappa shape index (κ1) is 14.9. The van der Waals surface area contributed by atoms with Crippen molar-refractivity contribution in [2.75, 3.05) is 6.54 Å². The second kappa shape index (κ2) is 6.76. The van der Waals surface area contributed by atoms with E-state index in [0.29, 0.717) is 0 Å². The Balaban J connectivity index is 2.39. The lowest BCUT2D eigenvalue weighted by Gasteiger charge is -2.19. The normalized spacial score (nSPS) is 12.6. The number of rotatable bonds is 5. The predicted octanol–water partition coefficient (Wildman–Crippen LogP) is 5.45. The highest BCUT2D eigenvalue weighted by Gasteiger charge is 2.18. The first-order valence-electron chi connectivity index (χ1n) is 6.35. The molecule has 0 radical (unpaired) electrons. The SMILES string of the molecule is CCCNC(c1cc(C)cc(Cl)c1)c1sccc1Cl. The average Bonchev–Trinajstić information content (AvgIpc) is 2.75. The quantitative estimate of drug-likeness (QED) is 0.773. The summed E-state index contributed by atoms with van der Waals surface area (Å²) in [6.07, 6.45) is 1.08. The summed E-state index contributed by atoms with van der Waals surface area (Å²) in [6.45, 7) is 5.16. The van der Waals surface area contributed by atoms with Crippen LogP contribution in [-0.4, -0.2) is 6.54 Å². The summed E-state index contributed by atoms with van der Waals surface area (Å²) < 4.78 is 0. The molecule has 0 aliphatic heterocycles. The minimum Gasteiger partial charge on any atom is -0.306 e. The molecule has 2 aromatic rings. The third-order valence-corrected chi connectivity index (χ3v) is 4.54. The molecule has 0 saturated carbocycles. The molecule has 0 saturated heterocycles. The second-order valence-corrected chi connectivity index (χ2v) is 6.37.